The quantitative estimate of drug-likeness (QED) is 0.770. The Hall–Kier alpha value is -0.580. The predicted octanol–water partition coefficient (Wildman–Crippen LogP) is 4.35. The Kier molecular flexibility index (Phi) is 3.84. The lowest BCUT2D eigenvalue weighted by molar-refractivity contribution is 1.03. The highest BCUT2D eigenvalue weighted by Crippen LogP contribution is 2.34. The molecule has 0 aliphatic rings. The Labute approximate surface area is 112 Å². The molecule has 16 heavy (non-hydrogen) atoms. The molecule has 0 radical (unpaired) electrons. The van der Waals surface area contributed by atoms with Crippen LogP contribution in [0.3, 0.4) is 0 Å². The van der Waals surface area contributed by atoms with Gasteiger partial charge in [-0.05, 0) is 35.0 Å². The van der Waals surface area contributed by atoms with Crippen molar-refractivity contribution < 1.29 is 0 Å². The minimum Gasteiger partial charge on any atom is -0.228 e. The highest BCUT2D eigenvalue weighted by Gasteiger charge is 2.08. The molecule has 0 saturated carbocycles. The summed E-state index contributed by atoms with van der Waals surface area (Å²) in [5.74, 6) is 0. The first-order valence-corrected chi connectivity index (χ1v) is 6.56. The molecule has 0 bridgehead atoms. The monoisotopic (exact) mass is 314 g/mol. The molecule has 2 rings (SSSR count). The summed E-state index contributed by atoms with van der Waals surface area (Å²) in [6, 6.07) is 8.23. The van der Waals surface area contributed by atoms with Gasteiger partial charge in [0.05, 0.1) is 4.47 Å². The zero-order valence-electron chi connectivity index (χ0n) is 8.45. The second-order valence-electron chi connectivity index (χ2n) is 3.20. The molecule has 1 aromatic carbocycles. The SMILES string of the molecule is Cc1cccc(Sc2ncnc(Cl)c2Br)c1. The third kappa shape index (κ3) is 2.75. The minimum absolute atomic E-state index is 0.435. The van der Waals surface area contributed by atoms with Crippen LogP contribution in [0, 0.1) is 6.92 Å². The summed E-state index contributed by atoms with van der Waals surface area (Å²) in [5, 5.41) is 1.26. The maximum atomic E-state index is 5.90. The fraction of sp³-hybridized carbons (Fsp3) is 0.0909. The molecule has 1 heterocycles. The number of halogens is 2. The van der Waals surface area contributed by atoms with E-state index in [0.29, 0.717) is 5.15 Å². The van der Waals surface area contributed by atoms with E-state index >= 15 is 0 Å². The van der Waals surface area contributed by atoms with E-state index in [4.69, 9.17) is 11.6 Å². The predicted molar refractivity (Wildman–Crippen MR) is 70.0 cm³/mol. The van der Waals surface area contributed by atoms with Gasteiger partial charge in [0.2, 0.25) is 0 Å². The summed E-state index contributed by atoms with van der Waals surface area (Å²) in [6.45, 7) is 2.06. The van der Waals surface area contributed by atoms with Crippen molar-refractivity contribution in [1.82, 2.24) is 9.97 Å². The normalized spacial score (nSPS) is 10.4. The van der Waals surface area contributed by atoms with E-state index in [-0.39, 0.29) is 0 Å². The van der Waals surface area contributed by atoms with Crippen LogP contribution < -0.4 is 0 Å². The average Bonchev–Trinajstić information content (AvgIpc) is 2.25. The molecule has 0 fully saturated rings. The van der Waals surface area contributed by atoms with Crippen LogP contribution in [0.5, 0.6) is 0 Å². The lowest BCUT2D eigenvalue weighted by atomic mass is 10.2. The number of rotatable bonds is 2. The fourth-order valence-electron chi connectivity index (χ4n) is 1.20. The smallest absolute Gasteiger partial charge is 0.147 e. The number of hydrogen-bond donors (Lipinski definition) is 0. The van der Waals surface area contributed by atoms with Crippen LogP contribution in [0.25, 0.3) is 0 Å². The van der Waals surface area contributed by atoms with Crippen molar-refractivity contribution in [3.8, 4) is 0 Å². The van der Waals surface area contributed by atoms with Crippen molar-refractivity contribution in [2.45, 2.75) is 16.8 Å². The molecule has 82 valence electrons. The van der Waals surface area contributed by atoms with E-state index in [1.165, 1.54) is 11.9 Å². The Balaban J connectivity index is 2.31. The maximum Gasteiger partial charge on any atom is 0.147 e. The number of hydrogen-bond acceptors (Lipinski definition) is 3. The zero-order valence-corrected chi connectivity index (χ0v) is 11.6. The van der Waals surface area contributed by atoms with E-state index in [2.05, 4.69) is 45.0 Å². The summed E-state index contributed by atoms with van der Waals surface area (Å²) >= 11 is 10.8. The first-order chi connectivity index (χ1) is 7.66. The minimum atomic E-state index is 0.435. The van der Waals surface area contributed by atoms with Crippen molar-refractivity contribution in [1.29, 1.82) is 0 Å². The number of benzene rings is 1. The molecule has 0 N–H and O–H groups in total. The average molecular weight is 316 g/mol. The van der Waals surface area contributed by atoms with Gasteiger partial charge in [-0.25, -0.2) is 9.97 Å². The van der Waals surface area contributed by atoms with Gasteiger partial charge < -0.3 is 0 Å². The van der Waals surface area contributed by atoms with Gasteiger partial charge in [0.25, 0.3) is 0 Å². The molecule has 0 unspecified atom stereocenters. The zero-order chi connectivity index (χ0) is 11.5. The van der Waals surface area contributed by atoms with Gasteiger partial charge in [-0.1, -0.05) is 41.1 Å². The molecule has 0 spiro atoms. The number of nitrogens with zero attached hydrogens (tertiary/aromatic N) is 2. The van der Waals surface area contributed by atoms with Crippen molar-refractivity contribution in [2.75, 3.05) is 0 Å². The fourth-order valence-corrected chi connectivity index (χ4v) is 2.73. The first-order valence-electron chi connectivity index (χ1n) is 4.57. The van der Waals surface area contributed by atoms with Crippen LogP contribution in [0.1, 0.15) is 5.56 Å². The molecule has 0 aliphatic heterocycles. The van der Waals surface area contributed by atoms with E-state index < -0.39 is 0 Å². The standard InChI is InChI=1S/C11H8BrClN2S/c1-7-3-2-4-8(5-7)16-11-9(12)10(13)14-6-15-11/h2-6H,1H3. The Morgan fingerprint density at radius 2 is 2.12 bits per heavy atom. The Morgan fingerprint density at radius 1 is 1.31 bits per heavy atom. The summed E-state index contributed by atoms with van der Waals surface area (Å²) in [4.78, 5) is 9.21. The molecule has 0 aliphatic carbocycles. The van der Waals surface area contributed by atoms with Crippen LogP contribution in [-0.2, 0) is 0 Å². The van der Waals surface area contributed by atoms with Crippen LogP contribution in [-0.4, -0.2) is 9.97 Å². The van der Waals surface area contributed by atoms with Crippen molar-refractivity contribution in [2.24, 2.45) is 0 Å². The van der Waals surface area contributed by atoms with Gasteiger partial charge in [-0.15, -0.1) is 0 Å². The van der Waals surface area contributed by atoms with Gasteiger partial charge in [-0.3, -0.25) is 0 Å². The van der Waals surface area contributed by atoms with Gasteiger partial charge in [0.15, 0.2) is 0 Å². The van der Waals surface area contributed by atoms with E-state index in [1.54, 1.807) is 11.8 Å². The van der Waals surface area contributed by atoms with E-state index in [1.807, 2.05) is 12.1 Å². The second-order valence-corrected chi connectivity index (χ2v) is 5.42. The number of aryl methyl sites for hydroxylation is 1. The van der Waals surface area contributed by atoms with Crippen molar-refractivity contribution in [3.63, 3.8) is 0 Å². The molecule has 5 heteroatoms. The molecular formula is C11H8BrClN2S. The Bertz CT molecular complexity index is 519. The van der Waals surface area contributed by atoms with Crippen LogP contribution in [0.2, 0.25) is 5.15 Å². The lowest BCUT2D eigenvalue weighted by Crippen LogP contribution is -1.86. The van der Waals surface area contributed by atoms with Crippen LogP contribution >= 0.6 is 39.3 Å². The van der Waals surface area contributed by atoms with E-state index in [0.717, 1.165) is 14.4 Å². The van der Waals surface area contributed by atoms with Crippen molar-refractivity contribution >= 4 is 39.3 Å². The number of aromatic nitrogens is 2. The molecule has 0 amide bonds. The summed E-state index contributed by atoms with van der Waals surface area (Å²) < 4.78 is 0.739. The Morgan fingerprint density at radius 3 is 2.88 bits per heavy atom. The molecular weight excluding hydrogens is 308 g/mol. The molecule has 1 aromatic heterocycles. The van der Waals surface area contributed by atoms with Crippen LogP contribution in [0.15, 0.2) is 45.0 Å². The molecule has 2 nitrogen and oxygen atoms in total. The van der Waals surface area contributed by atoms with Gasteiger partial charge >= 0.3 is 0 Å². The lowest BCUT2D eigenvalue weighted by Gasteiger charge is -2.04. The highest BCUT2D eigenvalue weighted by atomic mass is 79.9. The van der Waals surface area contributed by atoms with Crippen LogP contribution in [0.4, 0.5) is 0 Å². The third-order valence-electron chi connectivity index (χ3n) is 1.92. The third-order valence-corrected chi connectivity index (χ3v) is 4.44. The summed E-state index contributed by atoms with van der Waals surface area (Å²) in [6.07, 6.45) is 1.46. The molecule has 0 saturated heterocycles. The van der Waals surface area contributed by atoms with Gasteiger partial charge in [0, 0.05) is 4.90 Å². The second kappa shape index (κ2) is 5.17. The molecule has 0 atom stereocenters. The first kappa shape index (κ1) is 11.9. The highest BCUT2D eigenvalue weighted by molar-refractivity contribution is 9.10. The van der Waals surface area contributed by atoms with Crippen molar-refractivity contribution in [3.05, 3.63) is 45.8 Å². The van der Waals surface area contributed by atoms with Gasteiger partial charge in [-0.2, -0.15) is 0 Å². The summed E-state index contributed by atoms with van der Waals surface area (Å²) in [7, 11) is 0. The summed E-state index contributed by atoms with van der Waals surface area (Å²) in [5.41, 5.74) is 1.22. The topological polar surface area (TPSA) is 25.8 Å². The largest absolute Gasteiger partial charge is 0.228 e. The maximum absolute atomic E-state index is 5.90. The molecule has 2 aromatic rings. The van der Waals surface area contributed by atoms with E-state index in [9.17, 15) is 0 Å². The van der Waals surface area contributed by atoms with Gasteiger partial charge in [0.1, 0.15) is 16.5 Å².